The largest absolute Gasteiger partial charge is 0.336 e. The zero-order valence-corrected chi connectivity index (χ0v) is 9.34. The number of alkyl halides is 1. The zero-order chi connectivity index (χ0) is 9.26. The Morgan fingerprint density at radius 2 is 2.62 bits per heavy atom. The number of carbonyl (C=O) groups is 1. The van der Waals surface area contributed by atoms with Crippen LogP contribution in [0.25, 0.3) is 0 Å². The average molecular weight is 261 g/mol. The maximum absolute atomic E-state index is 11.7. The number of carbonyl (C=O) groups excluding carboxylic acids is 1. The van der Waals surface area contributed by atoms with Gasteiger partial charge in [-0.15, -0.1) is 11.3 Å². The van der Waals surface area contributed by atoms with E-state index in [1.165, 1.54) is 11.3 Å². The van der Waals surface area contributed by atoms with Gasteiger partial charge in [0.15, 0.2) is 0 Å². The Labute approximate surface area is 88.9 Å². The fraction of sp³-hybridized carbons (Fsp3) is 0.500. The lowest BCUT2D eigenvalue weighted by Gasteiger charge is -2.13. The topological polar surface area (TPSA) is 33.2 Å². The van der Waals surface area contributed by atoms with Gasteiger partial charge in [0.25, 0.3) is 5.91 Å². The van der Waals surface area contributed by atoms with Crippen molar-refractivity contribution in [2.45, 2.75) is 11.2 Å². The van der Waals surface area contributed by atoms with Gasteiger partial charge in [-0.25, -0.2) is 4.98 Å². The second-order valence-electron chi connectivity index (χ2n) is 3.01. The minimum atomic E-state index is 0.0585. The fourth-order valence-electron chi connectivity index (χ4n) is 1.38. The van der Waals surface area contributed by atoms with E-state index >= 15 is 0 Å². The van der Waals surface area contributed by atoms with Crippen molar-refractivity contribution in [3.8, 4) is 0 Å². The summed E-state index contributed by atoms with van der Waals surface area (Å²) < 4.78 is 0. The quantitative estimate of drug-likeness (QED) is 0.721. The molecule has 0 N–H and O–H groups in total. The molecule has 1 atom stereocenters. The molecule has 0 spiro atoms. The normalized spacial score (nSPS) is 22.2. The number of aromatic nitrogens is 1. The van der Waals surface area contributed by atoms with Crippen molar-refractivity contribution in [2.75, 3.05) is 13.1 Å². The summed E-state index contributed by atoms with van der Waals surface area (Å²) in [6.07, 6.45) is 1.04. The van der Waals surface area contributed by atoms with Crippen LogP contribution in [-0.4, -0.2) is 33.7 Å². The van der Waals surface area contributed by atoms with E-state index in [0.29, 0.717) is 10.5 Å². The molecule has 1 fully saturated rings. The Morgan fingerprint density at radius 3 is 3.15 bits per heavy atom. The van der Waals surface area contributed by atoms with Crippen molar-refractivity contribution in [3.05, 3.63) is 16.6 Å². The Kier molecular flexibility index (Phi) is 2.64. The number of nitrogens with zero attached hydrogens (tertiary/aromatic N) is 2. The van der Waals surface area contributed by atoms with Gasteiger partial charge in [0.2, 0.25) is 0 Å². The Bertz CT molecular complexity index is 301. The molecule has 1 aliphatic heterocycles. The van der Waals surface area contributed by atoms with Crippen LogP contribution in [0.15, 0.2) is 10.9 Å². The number of hydrogen-bond acceptors (Lipinski definition) is 3. The van der Waals surface area contributed by atoms with E-state index in [4.69, 9.17) is 0 Å². The van der Waals surface area contributed by atoms with Gasteiger partial charge in [-0.2, -0.15) is 0 Å². The van der Waals surface area contributed by atoms with Gasteiger partial charge in [-0.3, -0.25) is 4.79 Å². The molecule has 3 nitrogen and oxygen atoms in total. The van der Waals surface area contributed by atoms with E-state index in [1.807, 2.05) is 4.90 Å². The molecule has 70 valence electrons. The summed E-state index contributed by atoms with van der Waals surface area (Å²) >= 11 is 4.96. The van der Waals surface area contributed by atoms with Crippen LogP contribution < -0.4 is 0 Å². The third kappa shape index (κ3) is 1.91. The van der Waals surface area contributed by atoms with E-state index in [1.54, 1.807) is 10.9 Å². The molecule has 1 aromatic rings. The Hall–Kier alpha value is -0.420. The third-order valence-electron chi connectivity index (χ3n) is 2.07. The van der Waals surface area contributed by atoms with E-state index in [-0.39, 0.29) is 5.91 Å². The highest BCUT2D eigenvalue weighted by Gasteiger charge is 2.25. The Balaban J connectivity index is 2.06. The lowest BCUT2D eigenvalue weighted by molar-refractivity contribution is 0.0788. The van der Waals surface area contributed by atoms with Gasteiger partial charge >= 0.3 is 0 Å². The lowest BCUT2D eigenvalue weighted by Crippen LogP contribution is -2.28. The molecule has 1 amide bonds. The highest BCUT2D eigenvalue weighted by atomic mass is 79.9. The minimum absolute atomic E-state index is 0.0585. The highest BCUT2D eigenvalue weighted by Crippen LogP contribution is 2.18. The molecule has 5 heteroatoms. The molecule has 1 saturated heterocycles. The number of amides is 1. The summed E-state index contributed by atoms with van der Waals surface area (Å²) in [4.78, 5) is 18.0. The second-order valence-corrected chi connectivity index (χ2v) is 5.02. The first-order valence-electron chi connectivity index (χ1n) is 4.09. The molecule has 0 bridgehead atoms. The molecule has 2 heterocycles. The molecule has 0 aromatic carbocycles. The third-order valence-corrected chi connectivity index (χ3v) is 3.40. The summed E-state index contributed by atoms with van der Waals surface area (Å²) in [6, 6.07) is 0. The van der Waals surface area contributed by atoms with Gasteiger partial charge in [0, 0.05) is 23.3 Å². The smallest absolute Gasteiger partial charge is 0.273 e. The number of likely N-dealkylation sites (tertiary alicyclic amines) is 1. The van der Waals surface area contributed by atoms with Crippen molar-refractivity contribution in [1.82, 2.24) is 9.88 Å². The van der Waals surface area contributed by atoms with Gasteiger partial charge < -0.3 is 4.90 Å². The monoisotopic (exact) mass is 260 g/mol. The molecule has 1 unspecified atom stereocenters. The summed E-state index contributed by atoms with van der Waals surface area (Å²) in [7, 11) is 0. The second kappa shape index (κ2) is 3.75. The number of hydrogen-bond donors (Lipinski definition) is 0. The van der Waals surface area contributed by atoms with Crippen molar-refractivity contribution in [1.29, 1.82) is 0 Å². The first-order valence-corrected chi connectivity index (χ1v) is 5.95. The molecule has 13 heavy (non-hydrogen) atoms. The van der Waals surface area contributed by atoms with E-state index in [2.05, 4.69) is 20.9 Å². The Morgan fingerprint density at radius 1 is 1.77 bits per heavy atom. The maximum Gasteiger partial charge on any atom is 0.273 e. The minimum Gasteiger partial charge on any atom is -0.336 e. The SMILES string of the molecule is O=C(c1cscn1)N1CCC(Br)C1. The van der Waals surface area contributed by atoms with Crippen LogP contribution in [0.4, 0.5) is 0 Å². The first kappa shape index (κ1) is 9.15. The molecular formula is C8H9BrN2OS. The lowest BCUT2D eigenvalue weighted by atomic mass is 10.4. The van der Waals surface area contributed by atoms with Crippen molar-refractivity contribution >= 4 is 33.2 Å². The molecule has 1 aromatic heterocycles. The summed E-state index contributed by atoms with van der Waals surface area (Å²) in [5, 5.41) is 1.80. The number of halogens is 1. The average Bonchev–Trinajstić information content (AvgIpc) is 2.72. The van der Waals surface area contributed by atoms with E-state index in [9.17, 15) is 4.79 Å². The van der Waals surface area contributed by atoms with Crippen LogP contribution in [0.2, 0.25) is 0 Å². The molecule has 2 rings (SSSR count). The number of thiazole rings is 1. The summed E-state index contributed by atoms with van der Waals surface area (Å²) in [5.41, 5.74) is 2.26. The van der Waals surface area contributed by atoms with Gasteiger partial charge in [-0.05, 0) is 6.42 Å². The molecule has 0 radical (unpaired) electrons. The predicted molar refractivity (Wildman–Crippen MR) is 55.3 cm³/mol. The summed E-state index contributed by atoms with van der Waals surface area (Å²) in [5.74, 6) is 0.0585. The van der Waals surface area contributed by atoms with Crippen LogP contribution in [0, 0.1) is 0 Å². The van der Waals surface area contributed by atoms with Crippen LogP contribution in [0.1, 0.15) is 16.9 Å². The van der Waals surface area contributed by atoms with E-state index in [0.717, 1.165) is 19.5 Å². The standard InChI is InChI=1S/C8H9BrN2OS/c9-6-1-2-11(3-6)8(12)7-4-13-5-10-7/h4-6H,1-3H2. The predicted octanol–water partition coefficient (Wildman–Crippen LogP) is 1.75. The van der Waals surface area contributed by atoms with E-state index < -0.39 is 0 Å². The number of rotatable bonds is 1. The van der Waals surface area contributed by atoms with Crippen LogP contribution >= 0.6 is 27.3 Å². The maximum atomic E-state index is 11.7. The first-order chi connectivity index (χ1) is 6.27. The molecular weight excluding hydrogens is 252 g/mol. The highest BCUT2D eigenvalue weighted by molar-refractivity contribution is 9.09. The van der Waals surface area contributed by atoms with Crippen LogP contribution in [-0.2, 0) is 0 Å². The molecule has 0 saturated carbocycles. The fourth-order valence-corrected chi connectivity index (χ4v) is 2.46. The van der Waals surface area contributed by atoms with Crippen LogP contribution in [0.5, 0.6) is 0 Å². The summed E-state index contributed by atoms with van der Waals surface area (Å²) in [6.45, 7) is 1.64. The van der Waals surface area contributed by atoms with Gasteiger partial charge in [0.1, 0.15) is 5.69 Å². The van der Waals surface area contributed by atoms with Gasteiger partial charge in [0.05, 0.1) is 5.51 Å². The van der Waals surface area contributed by atoms with Gasteiger partial charge in [-0.1, -0.05) is 15.9 Å². The van der Waals surface area contributed by atoms with Crippen molar-refractivity contribution < 1.29 is 4.79 Å². The zero-order valence-electron chi connectivity index (χ0n) is 6.94. The van der Waals surface area contributed by atoms with Crippen molar-refractivity contribution in [3.63, 3.8) is 0 Å². The van der Waals surface area contributed by atoms with Crippen molar-refractivity contribution in [2.24, 2.45) is 0 Å². The molecule has 0 aliphatic carbocycles. The molecule has 1 aliphatic rings. The van der Waals surface area contributed by atoms with Crippen LogP contribution in [0.3, 0.4) is 0 Å².